The summed E-state index contributed by atoms with van der Waals surface area (Å²) in [5.41, 5.74) is 0.393. The first-order valence-electron chi connectivity index (χ1n) is 4.73. The maximum atomic E-state index is 11.8. The molecule has 0 saturated heterocycles. The molecule has 2 N–H and O–H groups in total. The summed E-state index contributed by atoms with van der Waals surface area (Å²) < 4.78 is 0. The van der Waals surface area contributed by atoms with Gasteiger partial charge in [-0.2, -0.15) is 0 Å². The monoisotopic (exact) mass is 223 g/mol. The lowest BCUT2D eigenvalue weighted by molar-refractivity contribution is -0.143. The molecule has 1 aromatic carbocycles. The summed E-state index contributed by atoms with van der Waals surface area (Å²) in [4.78, 5) is 23.6. The Balaban J connectivity index is 2.86. The quantitative estimate of drug-likeness (QED) is 0.764. The zero-order valence-corrected chi connectivity index (χ0v) is 8.83. The zero-order chi connectivity index (χ0) is 12.1. The number of hydrogen-bond donors (Lipinski definition) is 2. The fraction of sp³-hybridized carbons (Fsp3) is 0.273. The molecule has 0 fully saturated rings. The van der Waals surface area contributed by atoms with Gasteiger partial charge in [0.05, 0.1) is 6.61 Å². The van der Waals surface area contributed by atoms with Gasteiger partial charge in [-0.15, -0.1) is 0 Å². The number of hydrogen-bond acceptors (Lipinski definition) is 3. The van der Waals surface area contributed by atoms with Crippen molar-refractivity contribution >= 4 is 11.9 Å². The number of benzene rings is 1. The second kappa shape index (κ2) is 5.27. The van der Waals surface area contributed by atoms with Crippen molar-refractivity contribution in [3.63, 3.8) is 0 Å². The molecule has 0 unspecified atom stereocenters. The average Bonchev–Trinajstić information content (AvgIpc) is 2.29. The molecule has 0 bridgehead atoms. The highest BCUT2D eigenvalue weighted by molar-refractivity contribution is 5.96. The van der Waals surface area contributed by atoms with Gasteiger partial charge >= 0.3 is 5.97 Å². The predicted molar refractivity (Wildman–Crippen MR) is 57.0 cm³/mol. The Morgan fingerprint density at radius 2 is 1.88 bits per heavy atom. The van der Waals surface area contributed by atoms with Gasteiger partial charge in [0.25, 0.3) is 5.91 Å². The first kappa shape index (κ1) is 12.2. The first-order chi connectivity index (χ1) is 7.57. The highest BCUT2D eigenvalue weighted by Gasteiger charge is 2.26. The van der Waals surface area contributed by atoms with Crippen LogP contribution in [0.4, 0.5) is 0 Å². The fourth-order valence-corrected chi connectivity index (χ4v) is 1.29. The number of aliphatic hydroxyl groups is 1. The standard InChI is InChI=1S/C11H13NO4/c1-12(9(7-13)11(15)16)10(14)8-5-3-2-4-6-8/h2-6,9,13H,7H2,1H3,(H,15,16)/t9-/m0/s1. The molecule has 1 amide bonds. The van der Waals surface area contributed by atoms with Gasteiger partial charge < -0.3 is 15.1 Å². The van der Waals surface area contributed by atoms with Crippen LogP contribution in [-0.2, 0) is 4.79 Å². The number of nitrogens with zero attached hydrogens (tertiary/aromatic N) is 1. The largest absolute Gasteiger partial charge is 0.480 e. The number of carboxylic acids is 1. The third-order valence-corrected chi connectivity index (χ3v) is 2.27. The third-order valence-electron chi connectivity index (χ3n) is 2.27. The van der Waals surface area contributed by atoms with Crippen molar-refractivity contribution in [2.75, 3.05) is 13.7 Å². The molecular weight excluding hydrogens is 210 g/mol. The van der Waals surface area contributed by atoms with Gasteiger partial charge in [0.1, 0.15) is 0 Å². The van der Waals surface area contributed by atoms with Gasteiger partial charge in [-0.1, -0.05) is 18.2 Å². The summed E-state index contributed by atoms with van der Waals surface area (Å²) in [7, 11) is 1.35. The molecule has 86 valence electrons. The van der Waals surface area contributed by atoms with Crippen LogP contribution in [0.2, 0.25) is 0 Å². The molecule has 0 saturated carbocycles. The van der Waals surface area contributed by atoms with Crippen LogP contribution in [0.5, 0.6) is 0 Å². The van der Waals surface area contributed by atoms with E-state index in [1.807, 2.05) is 0 Å². The fourth-order valence-electron chi connectivity index (χ4n) is 1.29. The van der Waals surface area contributed by atoms with Gasteiger partial charge in [-0.3, -0.25) is 4.79 Å². The van der Waals surface area contributed by atoms with Crippen molar-refractivity contribution < 1.29 is 19.8 Å². The molecule has 0 aromatic heterocycles. The lowest BCUT2D eigenvalue weighted by Crippen LogP contribution is -2.44. The summed E-state index contributed by atoms with van der Waals surface area (Å²) in [5.74, 6) is -1.66. The molecule has 16 heavy (non-hydrogen) atoms. The van der Waals surface area contributed by atoms with Gasteiger partial charge in [0.2, 0.25) is 0 Å². The van der Waals surface area contributed by atoms with E-state index in [0.717, 1.165) is 4.90 Å². The Morgan fingerprint density at radius 3 is 2.31 bits per heavy atom. The SMILES string of the molecule is CN(C(=O)c1ccccc1)[C@@H](CO)C(=O)O. The Kier molecular flexibility index (Phi) is 4.02. The van der Waals surface area contributed by atoms with Crippen LogP contribution in [0.15, 0.2) is 30.3 Å². The second-order valence-corrected chi connectivity index (χ2v) is 3.32. The highest BCUT2D eigenvalue weighted by atomic mass is 16.4. The molecule has 0 aliphatic heterocycles. The van der Waals surface area contributed by atoms with Crippen molar-refractivity contribution in [3.8, 4) is 0 Å². The van der Waals surface area contributed by atoms with Crippen LogP contribution < -0.4 is 0 Å². The zero-order valence-electron chi connectivity index (χ0n) is 8.83. The Hall–Kier alpha value is -1.88. The minimum Gasteiger partial charge on any atom is -0.480 e. The van der Waals surface area contributed by atoms with Gasteiger partial charge in [0.15, 0.2) is 6.04 Å². The molecule has 1 aromatic rings. The van der Waals surface area contributed by atoms with Crippen molar-refractivity contribution in [2.45, 2.75) is 6.04 Å². The summed E-state index contributed by atoms with van der Waals surface area (Å²) in [6.45, 7) is -0.607. The summed E-state index contributed by atoms with van der Waals surface area (Å²) in [6.07, 6.45) is 0. The van der Waals surface area contributed by atoms with E-state index in [1.165, 1.54) is 7.05 Å². The van der Waals surface area contributed by atoms with Crippen LogP contribution in [0, 0.1) is 0 Å². The van der Waals surface area contributed by atoms with E-state index in [2.05, 4.69) is 0 Å². The summed E-state index contributed by atoms with van der Waals surface area (Å²) in [6, 6.07) is 7.11. The molecule has 0 heterocycles. The minimum absolute atomic E-state index is 0.393. The summed E-state index contributed by atoms with van der Waals surface area (Å²) >= 11 is 0. The predicted octanol–water partition coefficient (Wildman–Crippen LogP) is 0.204. The molecule has 0 spiro atoms. The lowest BCUT2D eigenvalue weighted by atomic mass is 10.1. The van der Waals surface area contributed by atoms with E-state index >= 15 is 0 Å². The van der Waals surface area contributed by atoms with E-state index < -0.39 is 24.5 Å². The number of amides is 1. The Bertz CT molecular complexity index is 377. The van der Waals surface area contributed by atoms with Gasteiger partial charge in [0, 0.05) is 12.6 Å². The van der Waals surface area contributed by atoms with Gasteiger partial charge in [-0.25, -0.2) is 4.79 Å². The average molecular weight is 223 g/mol. The van der Waals surface area contributed by atoms with E-state index in [0.29, 0.717) is 5.56 Å². The van der Waals surface area contributed by atoms with Crippen LogP contribution in [0.25, 0.3) is 0 Å². The molecule has 5 heteroatoms. The molecule has 5 nitrogen and oxygen atoms in total. The van der Waals surface area contributed by atoms with Crippen molar-refractivity contribution in [1.29, 1.82) is 0 Å². The van der Waals surface area contributed by atoms with E-state index in [4.69, 9.17) is 10.2 Å². The van der Waals surface area contributed by atoms with Crippen molar-refractivity contribution in [3.05, 3.63) is 35.9 Å². The molecule has 1 rings (SSSR count). The van der Waals surface area contributed by atoms with Crippen LogP contribution in [0.3, 0.4) is 0 Å². The Labute approximate surface area is 92.9 Å². The van der Waals surface area contributed by atoms with Crippen LogP contribution >= 0.6 is 0 Å². The number of likely N-dealkylation sites (N-methyl/N-ethyl adjacent to an activating group) is 1. The topological polar surface area (TPSA) is 77.8 Å². The van der Waals surface area contributed by atoms with Crippen molar-refractivity contribution in [1.82, 2.24) is 4.90 Å². The number of aliphatic carboxylic acids is 1. The Morgan fingerprint density at radius 1 is 1.31 bits per heavy atom. The second-order valence-electron chi connectivity index (χ2n) is 3.32. The number of carbonyl (C=O) groups excluding carboxylic acids is 1. The van der Waals surface area contributed by atoms with E-state index in [1.54, 1.807) is 30.3 Å². The molecule has 1 atom stereocenters. The lowest BCUT2D eigenvalue weighted by Gasteiger charge is -2.23. The number of carbonyl (C=O) groups is 2. The molecule has 0 aliphatic rings. The van der Waals surface area contributed by atoms with E-state index in [9.17, 15) is 9.59 Å². The van der Waals surface area contributed by atoms with Crippen LogP contribution in [-0.4, -0.2) is 46.7 Å². The first-order valence-corrected chi connectivity index (χ1v) is 4.73. The third kappa shape index (κ3) is 2.58. The maximum Gasteiger partial charge on any atom is 0.328 e. The van der Waals surface area contributed by atoms with Gasteiger partial charge in [-0.05, 0) is 12.1 Å². The molecule has 0 aliphatic carbocycles. The summed E-state index contributed by atoms with van der Waals surface area (Å²) in [5, 5.41) is 17.7. The highest BCUT2D eigenvalue weighted by Crippen LogP contribution is 2.06. The molecular formula is C11H13NO4. The van der Waals surface area contributed by atoms with E-state index in [-0.39, 0.29) is 0 Å². The number of carboxylic acid groups (broad SMARTS) is 1. The minimum atomic E-state index is -1.23. The van der Waals surface area contributed by atoms with Crippen LogP contribution in [0.1, 0.15) is 10.4 Å². The number of rotatable bonds is 4. The number of aliphatic hydroxyl groups excluding tert-OH is 1. The molecule has 0 radical (unpaired) electrons. The normalized spacial score (nSPS) is 11.9. The maximum absolute atomic E-state index is 11.8. The van der Waals surface area contributed by atoms with Crippen molar-refractivity contribution in [2.24, 2.45) is 0 Å². The smallest absolute Gasteiger partial charge is 0.328 e.